The van der Waals surface area contributed by atoms with Crippen molar-refractivity contribution in [2.24, 2.45) is 0 Å². The second kappa shape index (κ2) is 4.22. The van der Waals surface area contributed by atoms with Crippen LogP contribution in [0.2, 0.25) is 0 Å². The van der Waals surface area contributed by atoms with Gasteiger partial charge in [0.1, 0.15) is 5.82 Å². The highest BCUT2D eigenvalue weighted by atomic mass is 16.5. The summed E-state index contributed by atoms with van der Waals surface area (Å²) in [5, 5.41) is 8.37. The SMILES string of the molecule is COc1ncc(C=CC(=O)O)c(N)n1. The maximum absolute atomic E-state index is 10.2. The molecule has 0 saturated heterocycles. The summed E-state index contributed by atoms with van der Waals surface area (Å²) in [6.45, 7) is 0. The minimum Gasteiger partial charge on any atom is -0.478 e. The van der Waals surface area contributed by atoms with Crippen LogP contribution in [0.1, 0.15) is 5.56 Å². The zero-order valence-electron chi connectivity index (χ0n) is 7.47. The Kier molecular flexibility index (Phi) is 3.01. The van der Waals surface area contributed by atoms with Gasteiger partial charge in [-0.1, -0.05) is 0 Å². The molecule has 1 rings (SSSR count). The Hall–Kier alpha value is -2.11. The molecule has 3 N–H and O–H groups in total. The highest BCUT2D eigenvalue weighted by molar-refractivity contribution is 5.86. The summed E-state index contributed by atoms with van der Waals surface area (Å²) < 4.78 is 4.73. The number of hydrogen-bond donors (Lipinski definition) is 2. The van der Waals surface area contributed by atoms with Crippen LogP contribution in [0.3, 0.4) is 0 Å². The van der Waals surface area contributed by atoms with Crippen molar-refractivity contribution in [3.63, 3.8) is 0 Å². The van der Waals surface area contributed by atoms with Crippen LogP contribution < -0.4 is 10.5 Å². The highest BCUT2D eigenvalue weighted by Gasteiger charge is 2.01. The van der Waals surface area contributed by atoms with Gasteiger partial charge in [0.2, 0.25) is 0 Å². The number of aliphatic carboxylic acids is 1. The minimum atomic E-state index is -1.06. The van der Waals surface area contributed by atoms with E-state index < -0.39 is 5.97 Å². The number of nitrogen functional groups attached to an aromatic ring is 1. The number of aromatic nitrogens is 2. The number of ether oxygens (including phenoxy) is 1. The summed E-state index contributed by atoms with van der Waals surface area (Å²) in [5.41, 5.74) is 5.95. The molecule has 6 heteroatoms. The lowest BCUT2D eigenvalue weighted by molar-refractivity contribution is -0.131. The van der Waals surface area contributed by atoms with E-state index >= 15 is 0 Å². The molecular formula is C8H9N3O3. The number of anilines is 1. The molecule has 0 bridgehead atoms. The molecule has 6 nitrogen and oxygen atoms in total. The maximum atomic E-state index is 10.2. The first-order valence-corrected chi connectivity index (χ1v) is 3.71. The number of carboxylic acids is 1. The van der Waals surface area contributed by atoms with E-state index in [-0.39, 0.29) is 11.8 Å². The molecule has 0 radical (unpaired) electrons. The van der Waals surface area contributed by atoms with Crippen LogP contribution in [0.5, 0.6) is 6.01 Å². The van der Waals surface area contributed by atoms with E-state index in [1.807, 2.05) is 0 Å². The molecule has 0 aliphatic carbocycles. The van der Waals surface area contributed by atoms with Crippen molar-refractivity contribution < 1.29 is 14.6 Å². The van der Waals surface area contributed by atoms with Gasteiger partial charge in [0.05, 0.1) is 7.11 Å². The summed E-state index contributed by atoms with van der Waals surface area (Å²) in [5.74, 6) is -0.880. The van der Waals surface area contributed by atoms with Crippen molar-refractivity contribution in [3.8, 4) is 6.01 Å². The lowest BCUT2D eigenvalue weighted by atomic mass is 10.3. The molecule has 0 atom stereocenters. The molecule has 1 aromatic heterocycles. The van der Waals surface area contributed by atoms with Crippen molar-refractivity contribution in [2.45, 2.75) is 0 Å². The van der Waals surface area contributed by atoms with Crippen LogP contribution in [0.4, 0.5) is 5.82 Å². The molecule has 0 amide bonds. The number of carbonyl (C=O) groups is 1. The average molecular weight is 195 g/mol. The minimum absolute atomic E-state index is 0.148. The number of nitrogens with two attached hydrogens (primary N) is 1. The van der Waals surface area contributed by atoms with Gasteiger partial charge in [0.25, 0.3) is 0 Å². The Bertz CT molecular complexity index is 376. The van der Waals surface area contributed by atoms with E-state index in [1.165, 1.54) is 19.4 Å². The Morgan fingerprint density at radius 3 is 2.93 bits per heavy atom. The predicted octanol–water partition coefficient (Wildman–Crippen LogP) is 0.165. The molecule has 0 fully saturated rings. The van der Waals surface area contributed by atoms with Crippen molar-refractivity contribution in [1.82, 2.24) is 9.97 Å². The molecule has 0 aliphatic heterocycles. The van der Waals surface area contributed by atoms with Crippen LogP contribution in [0.15, 0.2) is 12.3 Å². The number of carboxylic acid groups (broad SMARTS) is 1. The van der Waals surface area contributed by atoms with Gasteiger partial charge in [-0.2, -0.15) is 4.98 Å². The number of rotatable bonds is 3. The van der Waals surface area contributed by atoms with E-state index in [9.17, 15) is 4.79 Å². The van der Waals surface area contributed by atoms with Gasteiger partial charge in [0.15, 0.2) is 0 Å². The van der Waals surface area contributed by atoms with Gasteiger partial charge >= 0.3 is 12.0 Å². The molecule has 0 saturated carbocycles. The second-order valence-corrected chi connectivity index (χ2v) is 2.37. The third kappa shape index (κ3) is 2.44. The fraction of sp³-hybridized carbons (Fsp3) is 0.125. The molecular weight excluding hydrogens is 186 g/mol. The van der Waals surface area contributed by atoms with E-state index in [0.29, 0.717) is 5.56 Å². The summed E-state index contributed by atoms with van der Waals surface area (Å²) >= 11 is 0. The highest BCUT2D eigenvalue weighted by Crippen LogP contribution is 2.12. The lowest BCUT2D eigenvalue weighted by Crippen LogP contribution is -1.99. The Morgan fingerprint density at radius 1 is 1.71 bits per heavy atom. The van der Waals surface area contributed by atoms with Crippen LogP contribution in [0.25, 0.3) is 6.08 Å². The Labute approximate surface area is 80.1 Å². The first-order valence-electron chi connectivity index (χ1n) is 3.71. The monoisotopic (exact) mass is 195 g/mol. The van der Waals surface area contributed by atoms with Gasteiger partial charge in [0, 0.05) is 17.8 Å². The maximum Gasteiger partial charge on any atom is 0.328 e. The van der Waals surface area contributed by atoms with Crippen molar-refractivity contribution in [1.29, 1.82) is 0 Å². The van der Waals surface area contributed by atoms with Crippen LogP contribution >= 0.6 is 0 Å². The first-order chi connectivity index (χ1) is 6.63. The topological polar surface area (TPSA) is 98.3 Å². The third-order valence-corrected chi connectivity index (χ3v) is 1.41. The van der Waals surface area contributed by atoms with Gasteiger partial charge in [-0.3, -0.25) is 0 Å². The Balaban J connectivity index is 2.94. The van der Waals surface area contributed by atoms with Gasteiger partial charge < -0.3 is 15.6 Å². The zero-order valence-corrected chi connectivity index (χ0v) is 7.47. The quantitative estimate of drug-likeness (QED) is 0.667. The molecule has 0 aliphatic rings. The standard InChI is InChI=1S/C8H9N3O3/c1-14-8-10-4-5(7(9)11-8)2-3-6(12)13/h2-4H,1H3,(H,12,13)(H2,9,10,11). The van der Waals surface area contributed by atoms with Gasteiger partial charge in [-0.15, -0.1) is 0 Å². The van der Waals surface area contributed by atoms with E-state index in [1.54, 1.807) is 0 Å². The largest absolute Gasteiger partial charge is 0.478 e. The van der Waals surface area contributed by atoms with Gasteiger partial charge in [-0.25, -0.2) is 9.78 Å². The number of nitrogens with zero attached hydrogens (tertiary/aromatic N) is 2. The van der Waals surface area contributed by atoms with Crippen molar-refractivity contribution in [2.75, 3.05) is 12.8 Å². The van der Waals surface area contributed by atoms with E-state index in [2.05, 4.69) is 9.97 Å². The molecule has 0 unspecified atom stereocenters. The van der Waals surface area contributed by atoms with Crippen molar-refractivity contribution in [3.05, 3.63) is 17.8 Å². The van der Waals surface area contributed by atoms with E-state index in [0.717, 1.165) is 6.08 Å². The fourth-order valence-electron chi connectivity index (χ4n) is 0.775. The molecule has 0 spiro atoms. The van der Waals surface area contributed by atoms with Gasteiger partial charge in [-0.05, 0) is 6.08 Å². The van der Waals surface area contributed by atoms with Crippen LogP contribution in [-0.2, 0) is 4.79 Å². The lowest BCUT2D eigenvalue weighted by Gasteiger charge is -2.00. The molecule has 0 aromatic carbocycles. The van der Waals surface area contributed by atoms with E-state index in [4.69, 9.17) is 15.6 Å². The Morgan fingerprint density at radius 2 is 2.43 bits per heavy atom. The van der Waals surface area contributed by atoms with Crippen molar-refractivity contribution >= 4 is 17.9 Å². The second-order valence-electron chi connectivity index (χ2n) is 2.37. The summed E-state index contributed by atoms with van der Waals surface area (Å²) in [7, 11) is 1.42. The summed E-state index contributed by atoms with van der Waals surface area (Å²) in [6.07, 6.45) is 3.67. The summed E-state index contributed by atoms with van der Waals surface area (Å²) in [4.78, 5) is 17.8. The molecule has 14 heavy (non-hydrogen) atoms. The number of hydrogen-bond acceptors (Lipinski definition) is 5. The molecule has 1 aromatic rings. The van der Waals surface area contributed by atoms with Crippen LogP contribution in [0, 0.1) is 0 Å². The predicted molar refractivity (Wildman–Crippen MR) is 49.7 cm³/mol. The number of methoxy groups -OCH3 is 1. The average Bonchev–Trinajstić information content (AvgIpc) is 2.15. The fourth-order valence-corrected chi connectivity index (χ4v) is 0.775. The zero-order chi connectivity index (χ0) is 10.6. The smallest absolute Gasteiger partial charge is 0.328 e. The molecule has 74 valence electrons. The normalized spacial score (nSPS) is 10.4. The third-order valence-electron chi connectivity index (χ3n) is 1.41. The summed E-state index contributed by atoms with van der Waals surface area (Å²) in [6, 6.07) is 0.148. The first kappa shape index (κ1) is 9.97. The molecule has 1 heterocycles. The van der Waals surface area contributed by atoms with Crippen LogP contribution in [-0.4, -0.2) is 28.2 Å².